The zero-order valence-electron chi connectivity index (χ0n) is 12.7. The normalized spacial score (nSPS) is 12.5. The van der Waals surface area contributed by atoms with E-state index >= 15 is 0 Å². The van der Waals surface area contributed by atoms with Gasteiger partial charge in [0.2, 0.25) is 5.91 Å². The molecule has 0 spiro atoms. The van der Waals surface area contributed by atoms with Crippen molar-refractivity contribution in [2.24, 2.45) is 0 Å². The Morgan fingerprint density at radius 3 is 2.71 bits per heavy atom. The Bertz CT molecular complexity index is 640. The predicted molar refractivity (Wildman–Crippen MR) is 86.3 cm³/mol. The lowest BCUT2D eigenvalue weighted by atomic mass is 9.97. The molecule has 0 saturated carbocycles. The van der Waals surface area contributed by atoms with Crippen molar-refractivity contribution in [3.05, 3.63) is 59.6 Å². The van der Waals surface area contributed by atoms with E-state index in [9.17, 15) is 4.79 Å². The molecule has 0 unspecified atom stereocenters. The van der Waals surface area contributed by atoms with Crippen molar-refractivity contribution in [1.82, 2.24) is 0 Å². The second-order valence-corrected chi connectivity index (χ2v) is 5.17. The molecule has 0 bridgehead atoms. The minimum atomic E-state index is -0.153. The van der Waals surface area contributed by atoms with Gasteiger partial charge in [-0.25, -0.2) is 0 Å². The monoisotopic (exact) mass is 283 g/mol. The molecule has 2 rings (SSSR count). The predicted octanol–water partition coefficient (Wildman–Crippen LogP) is 4.75. The van der Waals surface area contributed by atoms with Crippen molar-refractivity contribution >= 4 is 17.7 Å². The molecule has 21 heavy (non-hydrogen) atoms. The van der Waals surface area contributed by atoms with E-state index in [2.05, 4.69) is 25.2 Å². The number of benzene rings is 1. The van der Waals surface area contributed by atoms with Crippen LogP contribution in [0.5, 0.6) is 0 Å². The van der Waals surface area contributed by atoms with Crippen molar-refractivity contribution in [3.63, 3.8) is 0 Å². The molecule has 3 heteroatoms. The van der Waals surface area contributed by atoms with Gasteiger partial charge in [-0.2, -0.15) is 0 Å². The van der Waals surface area contributed by atoms with Gasteiger partial charge in [-0.3, -0.25) is 4.79 Å². The van der Waals surface area contributed by atoms with E-state index in [4.69, 9.17) is 4.42 Å². The second kappa shape index (κ2) is 6.93. The topological polar surface area (TPSA) is 42.2 Å². The molecule has 1 atom stereocenters. The van der Waals surface area contributed by atoms with Gasteiger partial charge in [0.05, 0.1) is 0 Å². The number of amides is 1. The molecule has 0 aliphatic rings. The van der Waals surface area contributed by atoms with E-state index in [1.807, 2.05) is 37.3 Å². The zero-order chi connectivity index (χ0) is 15.2. The van der Waals surface area contributed by atoms with Crippen LogP contribution in [0.1, 0.15) is 43.3 Å². The number of hydrogen-bond acceptors (Lipinski definition) is 2. The van der Waals surface area contributed by atoms with Crippen LogP contribution in [0, 0.1) is 6.92 Å². The Balaban J connectivity index is 2.08. The summed E-state index contributed by atoms with van der Waals surface area (Å²) in [5, 5.41) is 2.94. The highest BCUT2D eigenvalue weighted by Crippen LogP contribution is 2.26. The van der Waals surface area contributed by atoms with Gasteiger partial charge in [0.25, 0.3) is 0 Å². The number of furan rings is 1. The number of nitrogens with one attached hydrogen (secondary N) is 1. The molecule has 3 nitrogen and oxygen atoms in total. The van der Waals surface area contributed by atoms with E-state index in [1.165, 1.54) is 6.08 Å². The Kier molecular flexibility index (Phi) is 4.99. The molecule has 0 radical (unpaired) electrons. The Hall–Kier alpha value is -2.29. The molecule has 0 aliphatic carbocycles. The first kappa shape index (κ1) is 15.1. The molecule has 1 N–H and O–H groups in total. The lowest BCUT2D eigenvalue weighted by Gasteiger charge is -2.14. The Labute approximate surface area is 125 Å². The number of rotatable bonds is 5. The van der Waals surface area contributed by atoms with Crippen LogP contribution in [0.4, 0.5) is 5.69 Å². The minimum absolute atomic E-state index is 0.153. The first-order valence-corrected chi connectivity index (χ1v) is 7.24. The molecular weight excluding hydrogens is 262 g/mol. The maximum Gasteiger partial charge on any atom is 0.248 e. The largest absolute Gasteiger partial charge is 0.462 e. The molecule has 1 aromatic carbocycles. The van der Waals surface area contributed by atoms with Crippen LogP contribution in [-0.2, 0) is 4.79 Å². The average molecular weight is 283 g/mol. The summed E-state index contributed by atoms with van der Waals surface area (Å²) in [6.45, 7) is 6.18. The average Bonchev–Trinajstić information content (AvgIpc) is 2.90. The third-order valence-electron chi connectivity index (χ3n) is 3.52. The highest BCUT2D eigenvalue weighted by Gasteiger charge is 2.09. The van der Waals surface area contributed by atoms with E-state index < -0.39 is 0 Å². The zero-order valence-corrected chi connectivity index (χ0v) is 12.7. The van der Waals surface area contributed by atoms with E-state index in [1.54, 1.807) is 6.08 Å². The van der Waals surface area contributed by atoms with E-state index in [0.717, 1.165) is 23.4 Å². The van der Waals surface area contributed by atoms with Crippen LogP contribution in [0.3, 0.4) is 0 Å². The molecule has 1 amide bonds. The Morgan fingerprint density at radius 2 is 2.05 bits per heavy atom. The molecule has 0 fully saturated rings. The summed E-state index contributed by atoms with van der Waals surface area (Å²) in [7, 11) is 0. The molecule has 1 aromatic heterocycles. The maximum absolute atomic E-state index is 12.0. The van der Waals surface area contributed by atoms with Crippen molar-refractivity contribution in [3.8, 4) is 0 Å². The van der Waals surface area contributed by atoms with E-state index in [-0.39, 0.29) is 5.91 Å². The number of aryl methyl sites for hydroxylation is 1. The van der Waals surface area contributed by atoms with Crippen LogP contribution in [0.15, 0.2) is 46.9 Å². The van der Waals surface area contributed by atoms with Gasteiger partial charge in [-0.1, -0.05) is 32.0 Å². The molecule has 1 heterocycles. The number of para-hydroxylation sites is 1. The first-order chi connectivity index (χ1) is 10.1. The number of carbonyl (C=O) groups excluding carboxylic acids is 1. The minimum Gasteiger partial charge on any atom is -0.462 e. The van der Waals surface area contributed by atoms with Crippen molar-refractivity contribution in [2.75, 3.05) is 5.32 Å². The lowest BCUT2D eigenvalue weighted by molar-refractivity contribution is -0.111. The number of hydrogen-bond donors (Lipinski definition) is 1. The maximum atomic E-state index is 12.0. The van der Waals surface area contributed by atoms with E-state index in [0.29, 0.717) is 11.7 Å². The summed E-state index contributed by atoms with van der Waals surface area (Å²) in [5.41, 5.74) is 2.03. The van der Waals surface area contributed by atoms with Crippen LogP contribution in [-0.4, -0.2) is 5.91 Å². The summed E-state index contributed by atoms with van der Waals surface area (Å²) < 4.78 is 5.40. The Morgan fingerprint density at radius 1 is 1.29 bits per heavy atom. The van der Waals surface area contributed by atoms with Gasteiger partial charge >= 0.3 is 0 Å². The second-order valence-electron chi connectivity index (χ2n) is 5.17. The third-order valence-corrected chi connectivity index (χ3v) is 3.52. The molecule has 2 aromatic rings. The third kappa shape index (κ3) is 4.09. The lowest BCUT2D eigenvalue weighted by Crippen LogP contribution is -2.10. The molecule has 0 saturated heterocycles. The SMILES string of the molecule is CC[C@@H](C)c1ccccc1NC(=O)/C=C/c1ccc(C)o1. The molecular formula is C18H21NO2. The van der Waals surface area contributed by atoms with Gasteiger partial charge in [-0.15, -0.1) is 0 Å². The van der Waals surface area contributed by atoms with Crippen molar-refractivity contribution in [2.45, 2.75) is 33.1 Å². The van der Waals surface area contributed by atoms with Gasteiger partial charge in [0, 0.05) is 11.8 Å². The van der Waals surface area contributed by atoms with Gasteiger partial charge < -0.3 is 9.73 Å². The molecule has 110 valence electrons. The summed E-state index contributed by atoms with van der Waals surface area (Å²) in [4.78, 5) is 12.0. The van der Waals surface area contributed by atoms with Gasteiger partial charge in [0.1, 0.15) is 11.5 Å². The summed E-state index contributed by atoms with van der Waals surface area (Å²) in [6.07, 6.45) is 4.20. The number of anilines is 1. The first-order valence-electron chi connectivity index (χ1n) is 7.24. The fourth-order valence-electron chi connectivity index (χ4n) is 2.14. The highest BCUT2D eigenvalue weighted by atomic mass is 16.3. The quantitative estimate of drug-likeness (QED) is 0.804. The standard InChI is InChI=1S/C18H21NO2/c1-4-13(2)16-7-5-6-8-17(16)19-18(20)12-11-15-10-9-14(3)21-15/h5-13H,4H2,1-3H3,(H,19,20)/b12-11+/t13-/m1/s1. The van der Waals surface area contributed by atoms with Gasteiger partial charge in [-0.05, 0) is 49.1 Å². The van der Waals surface area contributed by atoms with Crippen LogP contribution < -0.4 is 5.32 Å². The van der Waals surface area contributed by atoms with Crippen molar-refractivity contribution in [1.29, 1.82) is 0 Å². The number of carbonyl (C=O) groups is 1. The fourth-order valence-corrected chi connectivity index (χ4v) is 2.14. The van der Waals surface area contributed by atoms with Crippen LogP contribution in [0.2, 0.25) is 0 Å². The summed E-state index contributed by atoms with van der Waals surface area (Å²) in [5.74, 6) is 1.77. The van der Waals surface area contributed by atoms with Crippen molar-refractivity contribution < 1.29 is 9.21 Å². The van der Waals surface area contributed by atoms with Gasteiger partial charge in [0.15, 0.2) is 0 Å². The molecule has 0 aliphatic heterocycles. The van der Waals surface area contributed by atoms with Crippen LogP contribution >= 0.6 is 0 Å². The summed E-state index contributed by atoms with van der Waals surface area (Å²) in [6, 6.07) is 11.6. The smallest absolute Gasteiger partial charge is 0.248 e. The highest BCUT2D eigenvalue weighted by molar-refractivity contribution is 6.02. The van der Waals surface area contributed by atoms with Crippen LogP contribution in [0.25, 0.3) is 6.08 Å². The summed E-state index contributed by atoms with van der Waals surface area (Å²) >= 11 is 0. The fraction of sp³-hybridized carbons (Fsp3) is 0.278.